The Labute approximate surface area is 123 Å². The van der Waals surface area contributed by atoms with E-state index in [2.05, 4.69) is 17.2 Å². The molecule has 0 saturated carbocycles. The monoisotopic (exact) mass is 286 g/mol. The number of anilines is 1. The lowest BCUT2D eigenvalue weighted by Crippen LogP contribution is -2.33. The van der Waals surface area contributed by atoms with Crippen molar-refractivity contribution >= 4 is 22.6 Å². The number of rotatable bonds is 4. The fourth-order valence-electron chi connectivity index (χ4n) is 2.75. The van der Waals surface area contributed by atoms with Crippen LogP contribution in [0.4, 0.5) is 5.69 Å². The van der Waals surface area contributed by atoms with Crippen LogP contribution in [0.2, 0.25) is 0 Å². The smallest absolute Gasteiger partial charge is 0.339 e. The van der Waals surface area contributed by atoms with Gasteiger partial charge in [-0.2, -0.15) is 0 Å². The number of nitrogens with zero attached hydrogens (tertiary/aromatic N) is 1. The Hall–Kier alpha value is -2.14. The van der Waals surface area contributed by atoms with Crippen molar-refractivity contribution in [3.05, 3.63) is 36.0 Å². The normalized spacial score (nSPS) is 21.6. The minimum atomic E-state index is -0.978. The molecule has 0 radical (unpaired) electrons. The van der Waals surface area contributed by atoms with Crippen molar-refractivity contribution in [1.29, 1.82) is 0 Å². The van der Waals surface area contributed by atoms with Gasteiger partial charge < -0.3 is 15.2 Å². The molecule has 1 saturated heterocycles. The highest BCUT2D eigenvalue weighted by Gasteiger charge is 2.30. The zero-order valence-electron chi connectivity index (χ0n) is 11.9. The molecule has 1 fully saturated rings. The predicted molar refractivity (Wildman–Crippen MR) is 80.8 cm³/mol. The number of para-hydroxylation sites is 1. The third-order valence-electron chi connectivity index (χ3n) is 3.95. The number of aromatic nitrogens is 1. The van der Waals surface area contributed by atoms with Crippen LogP contribution in [0.25, 0.3) is 10.9 Å². The molecule has 0 amide bonds. The van der Waals surface area contributed by atoms with Gasteiger partial charge in [-0.1, -0.05) is 18.2 Å². The number of hydrogen-bond acceptors (Lipinski definition) is 4. The van der Waals surface area contributed by atoms with Crippen LogP contribution in [0.5, 0.6) is 0 Å². The molecule has 110 valence electrons. The highest BCUT2D eigenvalue weighted by Crippen LogP contribution is 2.29. The fraction of sp³-hybridized carbons (Fsp3) is 0.375. The van der Waals surface area contributed by atoms with Crippen LogP contribution in [0, 0.1) is 0 Å². The topological polar surface area (TPSA) is 71.5 Å². The molecule has 1 aliphatic rings. The summed E-state index contributed by atoms with van der Waals surface area (Å²) in [6, 6.07) is 7.53. The summed E-state index contributed by atoms with van der Waals surface area (Å²) >= 11 is 0. The van der Waals surface area contributed by atoms with Crippen molar-refractivity contribution < 1.29 is 14.6 Å². The van der Waals surface area contributed by atoms with Gasteiger partial charge in [0.25, 0.3) is 0 Å². The molecule has 2 aromatic rings. The van der Waals surface area contributed by atoms with Gasteiger partial charge in [0, 0.05) is 24.7 Å². The van der Waals surface area contributed by atoms with E-state index in [4.69, 9.17) is 4.74 Å². The molecule has 2 heterocycles. The molecule has 3 rings (SSSR count). The Balaban J connectivity index is 1.98. The van der Waals surface area contributed by atoms with Crippen LogP contribution in [0.3, 0.4) is 0 Å². The van der Waals surface area contributed by atoms with E-state index >= 15 is 0 Å². The first-order valence-corrected chi connectivity index (χ1v) is 7.08. The molecule has 1 aromatic heterocycles. The molecule has 5 nitrogen and oxygen atoms in total. The maximum Gasteiger partial charge on any atom is 0.339 e. The number of hydrogen-bond donors (Lipinski definition) is 2. The second-order valence-electron chi connectivity index (χ2n) is 5.62. The Morgan fingerprint density at radius 1 is 1.48 bits per heavy atom. The van der Waals surface area contributed by atoms with E-state index in [9.17, 15) is 9.90 Å². The van der Waals surface area contributed by atoms with Gasteiger partial charge in [0.05, 0.1) is 16.8 Å². The Morgan fingerprint density at radius 2 is 2.29 bits per heavy atom. The second-order valence-corrected chi connectivity index (χ2v) is 5.62. The van der Waals surface area contributed by atoms with E-state index in [1.807, 2.05) is 24.3 Å². The summed E-state index contributed by atoms with van der Waals surface area (Å²) < 4.78 is 5.75. The van der Waals surface area contributed by atoms with Crippen LogP contribution in [-0.4, -0.2) is 34.8 Å². The van der Waals surface area contributed by atoms with Crippen molar-refractivity contribution in [1.82, 2.24) is 4.98 Å². The van der Waals surface area contributed by atoms with Gasteiger partial charge in [-0.05, 0) is 25.8 Å². The molecule has 1 atom stereocenters. The minimum absolute atomic E-state index is 0.190. The number of aromatic carboxylic acids is 1. The Bertz CT molecular complexity index is 678. The largest absolute Gasteiger partial charge is 0.478 e. The van der Waals surface area contributed by atoms with Crippen LogP contribution in [-0.2, 0) is 4.74 Å². The lowest BCUT2D eigenvalue weighted by atomic mass is 10.0. The van der Waals surface area contributed by atoms with Gasteiger partial charge in [-0.25, -0.2) is 4.79 Å². The van der Waals surface area contributed by atoms with Crippen molar-refractivity contribution in [3.63, 3.8) is 0 Å². The number of carboxylic acid groups (broad SMARTS) is 1. The zero-order valence-corrected chi connectivity index (χ0v) is 11.9. The van der Waals surface area contributed by atoms with Gasteiger partial charge in [0.2, 0.25) is 0 Å². The quantitative estimate of drug-likeness (QED) is 0.904. The van der Waals surface area contributed by atoms with Crippen LogP contribution in [0.15, 0.2) is 30.5 Å². The molecular weight excluding hydrogens is 268 g/mol. The number of carbonyl (C=O) groups is 1. The zero-order chi connectivity index (χ0) is 14.9. The number of carboxylic acids is 1. The molecule has 5 heteroatoms. The fourth-order valence-corrected chi connectivity index (χ4v) is 2.75. The summed E-state index contributed by atoms with van der Waals surface area (Å²) in [5.74, 6) is -0.978. The second kappa shape index (κ2) is 5.33. The first kappa shape index (κ1) is 13.8. The van der Waals surface area contributed by atoms with E-state index in [0.717, 1.165) is 30.4 Å². The summed E-state index contributed by atoms with van der Waals surface area (Å²) in [5.41, 5.74) is 1.35. The lowest BCUT2D eigenvalue weighted by Gasteiger charge is -2.25. The molecule has 0 bridgehead atoms. The Kier molecular flexibility index (Phi) is 3.51. The molecule has 2 N–H and O–H groups in total. The molecule has 21 heavy (non-hydrogen) atoms. The number of benzene rings is 1. The highest BCUT2D eigenvalue weighted by atomic mass is 16.5. The van der Waals surface area contributed by atoms with Crippen molar-refractivity contribution in [2.45, 2.75) is 25.4 Å². The summed E-state index contributed by atoms with van der Waals surface area (Å²) in [6.07, 6.45) is 3.43. The van der Waals surface area contributed by atoms with Crippen LogP contribution < -0.4 is 5.32 Å². The van der Waals surface area contributed by atoms with Crippen molar-refractivity contribution in [3.8, 4) is 0 Å². The van der Waals surface area contributed by atoms with Gasteiger partial charge in [0.15, 0.2) is 0 Å². The third-order valence-corrected chi connectivity index (χ3v) is 3.95. The maximum absolute atomic E-state index is 11.4. The van der Waals surface area contributed by atoms with E-state index < -0.39 is 5.97 Å². The summed E-state index contributed by atoms with van der Waals surface area (Å²) in [7, 11) is 0. The molecule has 1 aliphatic heterocycles. The average Bonchev–Trinajstić information content (AvgIpc) is 2.91. The van der Waals surface area contributed by atoms with Gasteiger partial charge in [0.1, 0.15) is 5.56 Å². The SMILES string of the molecule is CC1(CNc2c(C(=O)O)cnc3ccccc23)CCCO1. The number of nitrogens with one attached hydrogen (secondary N) is 1. The number of fused-ring (bicyclic) bond motifs is 1. The van der Waals surface area contributed by atoms with E-state index in [-0.39, 0.29) is 11.2 Å². The Morgan fingerprint density at radius 3 is 3.00 bits per heavy atom. The van der Waals surface area contributed by atoms with Gasteiger partial charge >= 0.3 is 5.97 Å². The molecule has 1 unspecified atom stereocenters. The van der Waals surface area contributed by atoms with E-state index in [0.29, 0.717) is 12.2 Å². The first-order valence-electron chi connectivity index (χ1n) is 7.08. The van der Waals surface area contributed by atoms with Crippen molar-refractivity contribution in [2.75, 3.05) is 18.5 Å². The number of pyridine rings is 1. The first-order chi connectivity index (χ1) is 10.1. The predicted octanol–water partition coefficient (Wildman–Crippen LogP) is 2.91. The van der Waals surface area contributed by atoms with E-state index in [1.54, 1.807) is 0 Å². The average molecular weight is 286 g/mol. The number of ether oxygens (including phenoxy) is 1. The molecular formula is C16H18N2O3. The summed E-state index contributed by atoms with van der Waals surface area (Å²) in [4.78, 5) is 15.6. The van der Waals surface area contributed by atoms with Gasteiger partial charge in [-0.3, -0.25) is 4.98 Å². The summed E-state index contributed by atoms with van der Waals surface area (Å²) in [5, 5.41) is 13.5. The molecule has 0 aliphatic carbocycles. The van der Waals surface area contributed by atoms with Gasteiger partial charge in [-0.15, -0.1) is 0 Å². The minimum Gasteiger partial charge on any atom is -0.478 e. The van der Waals surface area contributed by atoms with E-state index in [1.165, 1.54) is 6.20 Å². The van der Waals surface area contributed by atoms with Crippen LogP contribution in [0.1, 0.15) is 30.1 Å². The van der Waals surface area contributed by atoms with Crippen molar-refractivity contribution in [2.24, 2.45) is 0 Å². The maximum atomic E-state index is 11.4. The van der Waals surface area contributed by atoms with Crippen LogP contribution >= 0.6 is 0 Å². The standard InChI is InChI=1S/C16H18N2O3/c1-16(7-4-8-21-16)10-18-14-11-5-2-3-6-13(11)17-9-12(14)15(19)20/h2-3,5-6,9H,4,7-8,10H2,1H3,(H,17,18)(H,19,20). The molecule has 0 spiro atoms. The summed E-state index contributed by atoms with van der Waals surface area (Å²) in [6.45, 7) is 3.40. The lowest BCUT2D eigenvalue weighted by molar-refractivity contribution is 0.0315. The molecule has 1 aromatic carbocycles. The highest BCUT2D eigenvalue weighted by molar-refractivity contribution is 6.04. The third kappa shape index (κ3) is 2.69.